The van der Waals surface area contributed by atoms with E-state index in [1.54, 1.807) is 0 Å². The fraction of sp³-hybridized carbons (Fsp3) is 0.400. The lowest BCUT2D eigenvalue weighted by Gasteiger charge is -2.05. The Balaban J connectivity index is 2.28. The average Bonchev–Trinajstić information content (AvgIpc) is 2.13. The van der Waals surface area contributed by atoms with E-state index in [9.17, 15) is 0 Å². The third-order valence-electron chi connectivity index (χ3n) is 1.59. The van der Waals surface area contributed by atoms with Crippen molar-refractivity contribution in [2.75, 3.05) is 11.0 Å². The van der Waals surface area contributed by atoms with E-state index < -0.39 is 0 Å². The summed E-state index contributed by atoms with van der Waals surface area (Å²) in [6, 6.07) is 8.16. The highest BCUT2D eigenvalue weighted by Gasteiger charge is 1.93. The summed E-state index contributed by atoms with van der Waals surface area (Å²) in [6.45, 7) is 0.836. The first-order valence-electron chi connectivity index (χ1n) is 4.27. The molecule has 0 unspecified atom stereocenters. The Morgan fingerprint density at radius 2 is 2.08 bits per heavy atom. The quantitative estimate of drug-likeness (QED) is 0.413. The van der Waals surface area contributed by atoms with E-state index in [2.05, 4.69) is 57.3 Å². The summed E-state index contributed by atoms with van der Waals surface area (Å²) in [6.07, 6.45) is 2.39. The molecular formula is C10H12I2O. The third kappa shape index (κ3) is 5.05. The molecule has 0 aliphatic carbocycles. The molecule has 0 atom stereocenters. The number of alkyl halides is 1. The normalized spacial score (nSPS) is 10.0. The molecule has 0 aliphatic heterocycles. The molecular weight excluding hydrogens is 390 g/mol. The lowest BCUT2D eigenvalue weighted by molar-refractivity contribution is 0.310. The molecule has 1 nitrogen and oxygen atoms in total. The van der Waals surface area contributed by atoms with Crippen LogP contribution in [0.2, 0.25) is 0 Å². The van der Waals surface area contributed by atoms with Crippen molar-refractivity contribution >= 4 is 45.2 Å². The van der Waals surface area contributed by atoms with E-state index in [0.29, 0.717) is 0 Å². The van der Waals surface area contributed by atoms with Crippen molar-refractivity contribution in [3.8, 4) is 5.75 Å². The molecule has 0 fully saturated rings. The maximum Gasteiger partial charge on any atom is 0.120 e. The van der Waals surface area contributed by atoms with Crippen LogP contribution in [0, 0.1) is 3.57 Å². The zero-order valence-electron chi connectivity index (χ0n) is 7.30. The van der Waals surface area contributed by atoms with Crippen LogP contribution >= 0.6 is 45.2 Å². The number of ether oxygens (including phenoxy) is 1. The van der Waals surface area contributed by atoms with Crippen molar-refractivity contribution in [3.63, 3.8) is 0 Å². The van der Waals surface area contributed by atoms with E-state index in [4.69, 9.17) is 4.74 Å². The van der Waals surface area contributed by atoms with Gasteiger partial charge < -0.3 is 4.74 Å². The molecule has 1 aromatic rings. The number of halogens is 2. The zero-order valence-corrected chi connectivity index (χ0v) is 11.6. The smallest absolute Gasteiger partial charge is 0.120 e. The summed E-state index contributed by atoms with van der Waals surface area (Å²) >= 11 is 4.68. The molecule has 0 saturated carbocycles. The van der Waals surface area contributed by atoms with E-state index in [-0.39, 0.29) is 0 Å². The lowest BCUT2D eigenvalue weighted by Crippen LogP contribution is -1.97. The van der Waals surface area contributed by atoms with Crippen LogP contribution in [-0.4, -0.2) is 11.0 Å². The van der Waals surface area contributed by atoms with Gasteiger partial charge >= 0.3 is 0 Å². The summed E-state index contributed by atoms with van der Waals surface area (Å²) in [4.78, 5) is 0. The van der Waals surface area contributed by atoms with Crippen molar-refractivity contribution < 1.29 is 4.74 Å². The Morgan fingerprint density at radius 3 is 2.77 bits per heavy atom. The van der Waals surface area contributed by atoms with Gasteiger partial charge in [0.2, 0.25) is 0 Å². The average molecular weight is 402 g/mol. The maximum atomic E-state index is 5.58. The fourth-order valence-corrected chi connectivity index (χ4v) is 2.00. The van der Waals surface area contributed by atoms with Gasteiger partial charge in [0.1, 0.15) is 5.75 Å². The van der Waals surface area contributed by atoms with Gasteiger partial charge in [0, 0.05) is 3.57 Å². The second kappa shape index (κ2) is 6.86. The standard InChI is InChI=1S/C10H12I2O/c11-6-1-2-7-13-10-5-3-4-9(12)8-10/h3-5,8H,1-2,6-7H2. The van der Waals surface area contributed by atoms with E-state index >= 15 is 0 Å². The molecule has 0 aliphatic rings. The molecule has 13 heavy (non-hydrogen) atoms. The van der Waals surface area contributed by atoms with Crippen molar-refractivity contribution in [2.24, 2.45) is 0 Å². The van der Waals surface area contributed by atoms with Crippen molar-refractivity contribution in [3.05, 3.63) is 27.8 Å². The van der Waals surface area contributed by atoms with E-state index in [1.165, 1.54) is 14.4 Å². The first-order valence-corrected chi connectivity index (χ1v) is 6.87. The first kappa shape index (κ1) is 11.6. The molecule has 0 bridgehead atoms. The van der Waals surface area contributed by atoms with Crippen molar-refractivity contribution in [2.45, 2.75) is 12.8 Å². The van der Waals surface area contributed by atoms with Crippen LogP contribution in [0.25, 0.3) is 0 Å². The largest absolute Gasteiger partial charge is 0.494 e. The molecule has 0 heterocycles. The van der Waals surface area contributed by atoms with Crippen LogP contribution in [0.1, 0.15) is 12.8 Å². The summed E-state index contributed by atoms with van der Waals surface area (Å²) < 4.78 is 8.02. The number of hydrogen-bond acceptors (Lipinski definition) is 1. The minimum Gasteiger partial charge on any atom is -0.494 e. The van der Waals surface area contributed by atoms with E-state index in [0.717, 1.165) is 18.8 Å². The highest BCUT2D eigenvalue weighted by Crippen LogP contribution is 2.14. The molecule has 1 aromatic carbocycles. The minimum atomic E-state index is 0.836. The Morgan fingerprint density at radius 1 is 1.23 bits per heavy atom. The van der Waals surface area contributed by atoms with Crippen LogP contribution in [0.5, 0.6) is 5.75 Å². The predicted molar refractivity (Wildman–Crippen MR) is 72.8 cm³/mol. The molecule has 0 aromatic heterocycles. The van der Waals surface area contributed by atoms with Gasteiger partial charge in [-0.15, -0.1) is 0 Å². The summed E-state index contributed by atoms with van der Waals surface area (Å²) in [5.41, 5.74) is 0. The van der Waals surface area contributed by atoms with Gasteiger partial charge in [-0.1, -0.05) is 28.7 Å². The molecule has 3 heteroatoms. The number of rotatable bonds is 5. The van der Waals surface area contributed by atoms with Crippen LogP contribution in [0.15, 0.2) is 24.3 Å². The second-order valence-electron chi connectivity index (χ2n) is 2.70. The summed E-state index contributed by atoms with van der Waals surface area (Å²) in [5, 5.41) is 0. The molecule has 72 valence electrons. The second-order valence-corrected chi connectivity index (χ2v) is 5.03. The maximum absolute atomic E-state index is 5.58. The number of hydrogen-bond donors (Lipinski definition) is 0. The Bertz CT molecular complexity index is 250. The molecule has 0 amide bonds. The SMILES string of the molecule is ICCCCOc1cccc(I)c1. The van der Waals surface area contributed by atoms with Crippen LogP contribution in [0.3, 0.4) is 0 Å². The zero-order chi connectivity index (χ0) is 9.52. The molecule has 0 N–H and O–H groups in total. The van der Waals surface area contributed by atoms with Gasteiger partial charge in [0.25, 0.3) is 0 Å². The third-order valence-corrected chi connectivity index (χ3v) is 3.03. The molecule has 0 radical (unpaired) electrons. The Labute approximate surface area is 107 Å². The topological polar surface area (TPSA) is 9.23 Å². The summed E-state index contributed by atoms with van der Waals surface area (Å²) in [7, 11) is 0. The first-order chi connectivity index (χ1) is 6.33. The molecule has 0 spiro atoms. The van der Waals surface area contributed by atoms with Gasteiger partial charge in [-0.25, -0.2) is 0 Å². The van der Waals surface area contributed by atoms with E-state index in [1.807, 2.05) is 12.1 Å². The number of benzene rings is 1. The highest BCUT2D eigenvalue weighted by atomic mass is 127. The number of unbranched alkanes of at least 4 members (excludes halogenated alkanes) is 1. The minimum absolute atomic E-state index is 0.836. The van der Waals surface area contributed by atoms with Crippen molar-refractivity contribution in [1.82, 2.24) is 0 Å². The Hall–Kier alpha value is 0.480. The summed E-state index contributed by atoms with van der Waals surface area (Å²) in [5.74, 6) is 0.986. The van der Waals surface area contributed by atoms with Gasteiger partial charge in [0.05, 0.1) is 6.61 Å². The lowest BCUT2D eigenvalue weighted by atomic mass is 10.3. The van der Waals surface area contributed by atoms with Gasteiger partial charge in [-0.3, -0.25) is 0 Å². The van der Waals surface area contributed by atoms with Crippen LogP contribution in [-0.2, 0) is 0 Å². The predicted octanol–water partition coefficient (Wildman–Crippen LogP) is 3.89. The van der Waals surface area contributed by atoms with Crippen LogP contribution < -0.4 is 4.74 Å². The Kier molecular flexibility index (Phi) is 6.10. The van der Waals surface area contributed by atoms with Gasteiger partial charge in [-0.2, -0.15) is 0 Å². The van der Waals surface area contributed by atoms with Crippen molar-refractivity contribution in [1.29, 1.82) is 0 Å². The highest BCUT2D eigenvalue weighted by molar-refractivity contribution is 14.1. The van der Waals surface area contributed by atoms with Crippen LogP contribution in [0.4, 0.5) is 0 Å². The molecule has 0 saturated heterocycles. The fourth-order valence-electron chi connectivity index (χ4n) is 0.943. The monoisotopic (exact) mass is 402 g/mol. The molecule has 1 rings (SSSR count). The van der Waals surface area contributed by atoms with Gasteiger partial charge in [0.15, 0.2) is 0 Å². The van der Waals surface area contributed by atoms with Gasteiger partial charge in [-0.05, 0) is 58.1 Å².